The molecule has 0 radical (unpaired) electrons. The van der Waals surface area contributed by atoms with E-state index in [1.165, 1.54) is 40.2 Å². The molecule has 0 aliphatic heterocycles. The second-order valence-electron chi connectivity index (χ2n) is 6.42. The van der Waals surface area contributed by atoms with Crippen LogP contribution in [0.5, 0.6) is 0 Å². The molecule has 0 atom stereocenters. The zero-order valence-electron chi connectivity index (χ0n) is 16.3. The number of nitrogens with zero attached hydrogens (tertiary/aromatic N) is 2. The van der Waals surface area contributed by atoms with Gasteiger partial charge in [-0.05, 0) is 31.2 Å². The van der Waals surface area contributed by atoms with Crippen LogP contribution in [0, 0.1) is 11.6 Å². The smallest absolute Gasteiger partial charge is 0.316 e. The molecule has 0 N–H and O–H groups in total. The van der Waals surface area contributed by atoms with Crippen LogP contribution in [0.4, 0.5) is 8.78 Å². The Bertz CT molecular complexity index is 1330. The van der Waals surface area contributed by atoms with Gasteiger partial charge < -0.3 is 4.74 Å². The third-order valence-electron chi connectivity index (χ3n) is 4.43. The largest absolute Gasteiger partial charge is 0.465 e. The molecule has 0 spiro atoms. The number of carbonyl (C=O) groups excluding carboxylic acids is 1. The number of halogens is 2. The molecule has 158 valence electrons. The predicted molar refractivity (Wildman–Crippen MR) is 118 cm³/mol. The lowest BCUT2D eigenvalue weighted by Gasteiger charge is -2.12. The number of ether oxygens (including phenoxy) is 1. The monoisotopic (exact) mass is 458 g/mol. The molecule has 2 aromatic heterocycles. The number of thioether (sulfide) groups is 1. The highest BCUT2D eigenvalue weighted by Gasteiger charge is 2.21. The fourth-order valence-electron chi connectivity index (χ4n) is 3.12. The highest BCUT2D eigenvalue weighted by Crippen LogP contribution is 2.34. The van der Waals surface area contributed by atoms with E-state index in [-0.39, 0.29) is 34.2 Å². The van der Waals surface area contributed by atoms with Crippen LogP contribution < -0.4 is 5.56 Å². The van der Waals surface area contributed by atoms with Crippen LogP contribution in [0.1, 0.15) is 6.92 Å². The van der Waals surface area contributed by atoms with Crippen molar-refractivity contribution in [3.63, 3.8) is 0 Å². The predicted octanol–water partition coefficient (Wildman–Crippen LogP) is 5.05. The molecule has 0 saturated heterocycles. The fraction of sp³-hybridized carbons (Fsp3) is 0.136. The van der Waals surface area contributed by atoms with Gasteiger partial charge in [0.15, 0.2) is 5.16 Å². The molecule has 0 aliphatic carbocycles. The third kappa shape index (κ3) is 4.24. The summed E-state index contributed by atoms with van der Waals surface area (Å²) in [7, 11) is 0. The Morgan fingerprint density at radius 2 is 1.97 bits per heavy atom. The van der Waals surface area contributed by atoms with E-state index in [0.29, 0.717) is 10.4 Å². The Balaban J connectivity index is 1.93. The van der Waals surface area contributed by atoms with Gasteiger partial charge in [-0.1, -0.05) is 36.0 Å². The molecule has 0 fully saturated rings. The Kier molecular flexibility index (Phi) is 6.15. The quantitative estimate of drug-likeness (QED) is 0.230. The van der Waals surface area contributed by atoms with Gasteiger partial charge in [-0.25, -0.2) is 13.8 Å². The highest BCUT2D eigenvalue weighted by molar-refractivity contribution is 7.99. The molecule has 2 aromatic carbocycles. The van der Waals surface area contributed by atoms with Crippen molar-refractivity contribution in [2.24, 2.45) is 0 Å². The van der Waals surface area contributed by atoms with Crippen molar-refractivity contribution >= 4 is 39.3 Å². The molecule has 9 heteroatoms. The first kappa shape index (κ1) is 21.2. The van der Waals surface area contributed by atoms with Gasteiger partial charge in [0.2, 0.25) is 0 Å². The van der Waals surface area contributed by atoms with Gasteiger partial charge in [-0.15, -0.1) is 11.3 Å². The third-order valence-corrected chi connectivity index (χ3v) is 6.22. The van der Waals surface area contributed by atoms with Crippen molar-refractivity contribution in [3.8, 4) is 16.8 Å². The van der Waals surface area contributed by atoms with Gasteiger partial charge in [-0.2, -0.15) is 0 Å². The zero-order chi connectivity index (χ0) is 22.0. The summed E-state index contributed by atoms with van der Waals surface area (Å²) in [5.41, 5.74) is 0.492. The van der Waals surface area contributed by atoms with Crippen LogP contribution >= 0.6 is 23.1 Å². The number of fused-ring (bicyclic) bond motifs is 1. The molecule has 0 unspecified atom stereocenters. The van der Waals surface area contributed by atoms with Gasteiger partial charge in [0.25, 0.3) is 5.56 Å². The Morgan fingerprint density at radius 1 is 1.16 bits per heavy atom. The number of benzene rings is 2. The van der Waals surface area contributed by atoms with E-state index in [4.69, 9.17) is 4.74 Å². The first-order valence-corrected chi connectivity index (χ1v) is 11.2. The van der Waals surface area contributed by atoms with Crippen LogP contribution in [-0.4, -0.2) is 27.9 Å². The molecule has 0 aliphatic rings. The van der Waals surface area contributed by atoms with E-state index in [0.717, 1.165) is 11.8 Å². The summed E-state index contributed by atoms with van der Waals surface area (Å²) in [5, 5.41) is 2.13. The zero-order valence-corrected chi connectivity index (χ0v) is 17.9. The average molecular weight is 459 g/mol. The summed E-state index contributed by atoms with van der Waals surface area (Å²) < 4.78 is 34.5. The number of carbonyl (C=O) groups is 1. The Morgan fingerprint density at radius 3 is 2.71 bits per heavy atom. The molecule has 31 heavy (non-hydrogen) atoms. The Labute approximate surface area is 184 Å². The van der Waals surface area contributed by atoms with Crippen LogP contribution in [0.2, 0.25) is 0 Å². The molecule has 4 aromatic rings. The van der Waals surface area contributed by atoms with Crippen molar-refractivity contribution in [1.29, 1.82) is 0 Å². The summed E-state index contributed by atoms with van der Waals surface area (Å²) in [6.07, 6.45) is 0. The second-order valence-corrected chi connectivity index (χ2v) is 8.22. The SMILES string of the molecule is CCOC(=O)CSc1nc2scc(-c3ccccc3F)c2c(=O)n1-c1cccc(F)c1. The van der Waals surface area contributed by atoms with Crippen molar-refractivity contribution in [3.05, 3.63) is 75.9 Å². The van der Waals surface area contributed by atoms with E-state index < -0.39 is 23.2 Å². The van der Waals surface area contributed by atoms with Gasteiger partial charge in [0, 0.05) is 16.5 Å². The maximum Gasteiger partial charge on any atom is 0.316 e. The summed E-state index contributed by atoms with van der Waals surface area (Å²) in [6.45, 7) is 1.94. The normalized spacial score (nSPS) is 11.1. The summed E-state index contributed by atoms with van der Waals surface area (Å²) in [6, 6.07) is 11.7. The molecule has 4 rings (SSSR count). The van der Waals surface area contributed by atoms with Crippen LogP contribution in [0.25, 0.3) is 27.0 Å². The lowest BCUT2D eigenvalue weighted by molar-refractivity contribution is -0.139. The minimum absolute atomic E-state index is 0.0628. The maximum atomic E-state index is 14.4. The molecule has 5 nitrogen and oxygen atoms in total. The van der Waals surface area contributed by atoms with Crippen molar-refractivity contribution in [2.45, 2.75) is 12.1 Å². The molecular weight excluding hydrogens is 442 g/mol. The molecule has 0 amide bonds. The molecule has 0 saturated carbocycles. The first-order chi connectivity index (χ1) is 15.0. The van der Waals surface area contributed by atoms with E-state index in [2.05, 4.69) is 4.98 Å². The lowest BCUT2D eigenvalue weighted by Crippen LogP contribution is -2.22. The number of thiophene rings is 1. The lowest BCUT2D eigenvalue weighted by atomic mass is 10.1. The van der Waals surface area contributed by atoms with Gasteiger partial charge >= 0.3 is 5.97 Å². The van der Waals surface area contributed by atoms with Gasteiger partial charge in [0.1, 0.15) is 16.5 Å². The number of aromatic nitrogens is 2. The minimum Gasteiger partial charge on any atom is -0.465 e. The van der Waals surface area contributed by atoms with E-state index in [1.54, 1.807) is 36.6 Å². The van der Waals surface area contributed by atoms with Crippen LogP contribution in [0.15, 0.2) is 63.9 Å². The molecular formula is C22H16F2N2O3S2. The number of hydrogen-bond acceptors (Lipinski definition) is 6. The van der Waals surface area contributed by atoms with Crippen molar-refractivity contribution in [1.82, 2.24) is 9.55 Å². The average Bonchev–Trinajstić information content (AvgIpc) is 3.17. The Hall–Kier alpha value is -3.04. The minimum atomic E-state index is -0.523. The second kappa shape index (κ2) is 8.99. The van der Waals surface area contributed by atoms with Crippen molar-refractivity contribution in [2.75, 3.05) is 12.4 Å². The van der Waals surface area contributed by atoms with E-state index in [1.807, 2.05) is 0 Å². The van der Waals surface area contributed by atoms with Crippen LogP contribution in [-0.2, 0) is 9.53 Å². The highest BCUT2D eigenvalue weighted by atomic mass is 32.2. The standard InChI is InChI=1S/C22H16F2N2O3S2/c1-2-29-18(27)12-31-22-25-20-19(16(11-30-20)15-8-3-4-9-17(15)24)21(28)26(22)14-7-5-6-13(23)10-14/h3-11H,2,12H2,1H3. The topological polar surface area (TPSA) is 61.2 Å². The fourth-order valence-corrected chi connectivity index (χ4v) is 4.91. The maximum absolute atomic E-state index is 14.4. The van der Waals surface area contributed by atoms with Crippen LogP contribution in [0.3, 0.4) is 0 Å². The molecule has 0 bridgehead atoms. The summed E-state index contributed by atoms with van der Waals surface area (Å²) >= 11 is 2.22. The van der Waals surface area contributed by atoms with Crippen molar-refractivity contribution < 1.29 is 18.3 Å². The molecule has 2 heterocycles. The summed E-state index contributed by atoms with van der Waals surface area (Å²) in [5.74, 6) is -1.50. The number of hydrogen-bond donors (Lipinski definition) is 0. The summed E-state index contributed by atoms with van der Waals surface area (Å²) in [4.78, 5) is 30.3. The van der Waals surface area contributed by atoms with E-state index in [9.17, 15) is 18.4 Å². The van der Waals surface area contributed by atoms with Gasteiger partial charge in [-0.3, -0.25) is 14.2 Å². The van der Waals surface area contributed by atoms with E-state index >= 15 is 0 Å². The van der Waals surface area contributed by atoms with Gasteiger partial charge in [0.05, 0.1) is 23.4 Å². The first-order valence-electron chi connectivity index (χ1n) is 9.33. The number of esters is 1. The number of rotatable bonds is 6.